The third-order valence-electron chi connectivity index (χ3n) is 2.30. The Labute approximate surface area is 110 Å². The zero-order valence-electron chi connectivity index (χ0n) is 10.5. The van der Waals surface area contributed by atoms with Crippen LogP contribution in [0.2, 0.25) is 0 Å². The first-order valence-electron chi connectivity index (χ1n) is 5.27. The van der Waals surface area contributed by atoms with Crippen LogP contribution in [0.15, 0.2) is 29.2 Å². The van der Waals surface area contributed by atoms with Crippen molar-refractivity contribution < 1.29 is 23.1 Å². The molecule has 0 atom stereocenters. The van der Waals surface area contributed by atoms with Crippen molar-refractivity contribution in [3.63, 3.8) is 0 Å². The molecule has 0 aliphatic carbocycles. The highest BCUT2D eigenvalue weighted by atomic mass is 32.2. The number of amides is 1. The van der Waals surface area contributed by atoms with Gasteiger partial charge in [-0.2, -0.15) is 0 Å². The molecule has 104 valence electrons. The number of carbonyl (C=O) groups excluding carboxylic acids is 1. The number of carboxylic acid groups (broad SMARTS) is 1. The van der Waals surface area contributed by atoms with Crippen LogP contribution in [0.4, 0.5) is 0 Å². The zero-order chi connectivity index (χ0) is 14.6. The average Bonchev–Trinajstić information content (AvgIpc) is 2.35. The number of sulfonamides is 1. The maximum atomic E-state index is 11.8. The van der Waals surface area contributed by atoms with Crippen LogP contribution >= 0.6 is 0 Å². The summed E-state index contributed by atoms with van der Waals surface area (Å²) in [7, 11) is -0.726. The Kier molecular flexibility index (Phi) is 4.62. The van der Waals surface area contributed by atoms with E-state index >= 15 is 0 Å². The van der Waals surface area contributed by atoms with Crippen molar-refractivity contribution in [3.05, 3.63) is 29.8 Å². The number of benzene rings is 1. The molecule has 0 saturated heterocycles. The van der Waals surface area contributed by atoms with Crippen molar-refractivity contribution in [2.75, 3.05) is 20.6 Å². The quantitative estimate of drug-likeness (QED) is 0.777. The van der Waals surface area contributed by atoms with Gasteiger partial charge in [0, 0.05) is 19.7 Å². The molecule has 1 aromatic rings. The topological polar surface area (TPSA) is 104 Å². The van der Waals surface area contributed by atoms with E-state index in [2.05, 4.69) is 5.32 Å². The van der Waals surface area contributed by atoms with Crippen LogP contribution in [-0.2, 0) is 14.8 Å². The monoisotopic (exact) mass is 286 g/mol. The van der Waals surface area contributed by atoms with Gasteiger partial charge in [0.05, 0.1) is 4.90 Å². The largest absolute Gasteiger partial charge is 0.480 e. The summed E-state index contributed by atoms with van der Waals surface area (Å²) in [6.07, 6.45) is 0. The van der Waals surface area contributed by atoms with Gasteiger partial charge >= 0.3 is 5.97 Å². The predicted molar refractivity (Wildman–Crippen MR) is 67.3 cm³/mol. The molecule has 8 heteroatoms. The molecule has 0 aliphatic heterocycles. The molecule has 0 unspecified atom stereocenters. The van der Waals surface area contributed by atoms with Crippen molar-refractivity contribution in [2.45, 2.75) is 4.90 Å². The van der Waals surface area contributed by atoms with Gasteiger partial charge in [0.25, 0.3) is 5.91 Å². The lowest BCUT2D eigenvalue weighted by atomic mass is 10.2. The minimum Gasteiger partial charge on any atom is -0.480 e. The van der Waals surface area contributed by atoms with E-state index in [-0.39, 0.29) is 10.5 Å². The molecule has 19 heavy (non-hydrogen) atoms. The Bertz CT molecular complexity index is 578. The lowest BCUT2D eigenvalue weighted by Crippen LogP contribution is -2.29. The van der Waals surface area contributed by atoms with Gasteiger partial charge < -0.3 is 10.4 Å². The maximum Gasteiger partial charge on any atom is 0.322 e. The fraction of sp³-hybridized carbons (Fsp3) is 0.273. The second-order valence-electron chi connectivity index (χ2n) is 3.89. The first-order valence-corrected chi connectivity index (χ1v) is 6.71. The summed E-state index contributed by atoms with van der Waals surface area (Å²) >= 11 is 0. The number of aliphatic carboxylic acids is 1. The van der Waals surface area contributed by atoms with Crippen molar-refractivity contribution in [1.82, 2.24) is 9.62 Å². The van der Waals surface area contributed by atoms with Gasteiger partial charge in [-0.3, -0.25) is 9.59 Å². The van der Waals surface area contributed by atoms with Crippen LogP contribution < -0.4 is 5.32 Å². The molecule has 0 fully saturated rings. The average molecular weight is 286 g/mol. The van der Waals surface area contributed by atoms with Gasteiger partial charge in [0.1, 0.15) is 6.54 Å². The summed E-state index contributed by atoms with van der Waals surface area (Å²) in [6, 6.07) is 5.25. The van der Waals surface area contributed by atoms with Crippen LogP contribution in [0, 0.1) is 0 Å². The lowest BCUT2D eigenvalue weighted by molar-refractivity contribution is -0.135. The summed E-state index contributed by atoms with van der Waals surface area (Å²) in [5, 5.41) is 10.6. The predicted octanol–water partition coefficient (Wildman–Crippen LogP) is -0.249. The number of nitrogens with zero attached hydrogens (tertiary/aromatic N) is 1. The van der Waals surface area contributed by atoms with Crippen LogP contribution in [0.1, 0.15) is 10.4 Å². The minimum absolute atomic E-state index is 0.0623. The van der Waals surface area contributed by atoms with E-state index in [1.165, 1.54) is 38.4 Å². The fourth-order valence-electron chi connectivity index (χ4n) is 1.25. The molecule has 0 bridgehead atoms. The summed E-state index contributed by atoms with van der Waals surface area (Å²) in [6.45, 7) is -0.490. The number of rotatable bonds is 5. The number of carbonyl (C=O) groups is 2. The summed E-state index contributed by atoms with van der Waals surface area (Å²) in [5.41, 5.74) is 0.193. The highest BCUT2D eigenvalue weighted by molar-refractivity contribution is 7.89. The smallest absolute Gasteiger partial charge is 0.322 e. The normalized spacial score (nSPS) is 11.3. The number of carboxylic acids is 1. The summed E-state index contributed by atoms with van der Waals surface area (Å²) in [4.78, 5) is 21.9. The lowest BCUT2D eigenvalue weighted by Gasteiger charge is -2.11. The van der Waals surface area contributed by atoms with E-state index in [4.69, 9.17) is 5.11 Å². The number of nitrogens with one attached hydrogen (secondary N) is 1. The Morgan fingerprint density at radius 2 is 1.74 bits per heavy atom. The van der Waals surface area contributed by atoms with Gasteiger partial charge in [-0.05, 0) is 24.3 Å². The van der Waals surface area contributed by atoms with Crippen molar-refractivity contribution in [2.24, 2.45) is 0 Å². The van der Waals surface area contributed by atoms with Crippen molar-refractivity contribution in [3.8, 4) is 0 Å². The molecule has 1 rings (SSSR count). The molecule has 0 aliphatic rings. The van der Waals surface area contributed by atoms with E-state index in [9.17, 15) is 18.0 Å². The number of hydrogen-bond donors (Lipinski definition) is 2. The Hall–Kier alpha value is -1.93. The highest BCUT2D eigenvalue weighted by Crippen LogP contribution is 2.13. The Balaban J connectivity index is 2.88. The van der Waals surface area contributed by atoms with Crippen LogP contribution in [0.3, 0.4) is 0 Å². The van der Waals surface area contributed by atoms with E-state index < -0.39 is 28.4 Å². The summed E-state index contributed by atoms with van der Waals surface area (Å²) in [5.74, 6) is -1.73. The molecule has 0 aromatic heterocycles. The van der Waals surface area contributed by atoms with E-state index in [0.717, 1.165) is 4.31 Å². The van der Waals surface area contributed by atoms with E-state index in [1.807, 2.05) is 0 Å². The molecule has 0 saturated carbocycles. The minimum atomic E-state index is -3.54. The van der Waals surface area contributed by atoms with Crippen molar-refractivity contribution >= 4 is 21.9 Å². The summed E-state index contributed by atoms with van der Waals surface area (Å²) < 4.78 is 24.6. The third-order valence-corrected chi connectivity index (χ3v) is 4.12. The van der Waals surface area contributed by atoms with Gasteiger partial charge in [-0.25, -0.2) is 12.7 Å². The van der Waals surface area contributed by atoms with Crippen LogP contribution in [-0.4, -0.2) is 50.3 Å². The standard InChI is InChI=1S/C11H14N2O5S/c1-13(2)19(17,18)9-5-3-8(4-6-9)11(16)12-7-10(14)15/h3-6H,7H2,1-2H3,(H,12,16)(H,14,15). The SMILES string of the molecule is CN(C)S(=O)(=O)c1ccc(C(=O)NCC(=O)O)cc1. The highest BCUT2D eigenvalue weighted by Gasteiger charge is 2.17. The molecule has 0 radical (unpaired) electrons. The van der Waals surface area contributed by atoms with E-state index in [1.54, 1.807) is 0 Å². The van der Waals surface area contributed by atoms with Crippen LogP contribution in [0.5, 0.6) is 0 Å². The molecular formula is C11H14N2O5S. The molecular weight excluding hydrogens is 272 g/mol. The molecule has 7 nitrogen and oxygen atoms in total. The zero-order valence-corrected chi connectivity index (χ0v) is 11.3. The van der Waals surface area contributed by atoms with Gasteiger partial charge in [-0.1, -0.05) is 0 Å². The first-order chi connectivity index (χ1) is 8.75. The molecule has 0 spiro atoms. The second-order valence-corrected chi connectivity index (χ2v) is 6.04. The van der Waals surface area contributed by atoms with Crippen molar-refractivity contribution in [1.29, 1.82) is 0 Å². The number of hydrogen-bond acceptors (Lipinski definition) is 4. The molecule has 0 heterocycles. The van der Waals surface area contributed by atoms with Crippen LogP contribution in [0.25, 0.3) is 0 Å². The second kappa shape index (κ2) is 5.81. The third kappa shape index (κ3) is 3.76. The first kappa shape index (κ1) is 15.1. The Morgan fingerprint density at radius 3 is 2.16 bits per heavy atom. The molecule has 1 amide bonds. The van der Waals surface area contributed by atoms with Gasteiger partial charge in [0.15, 0.2) is 0 Å². The van der Waals surface area contributed by atoms with Gasteiger partial charge in [0.2, 0.25) is 10.0 Å². The molecule has 2 N–H and O–H groups in total. The maximum absolute atomic E-state index is 11.8. The fourth-order valence-corrected chi connectivity index (χ4v) is 2.15. The van der Waals surface area contributed by atoms with Gasteiger partial charge in [-0.15, -0.1) is 0 Å². The molecule has 1 aromatic carbocycles. The Morgan fingerprint density at radius 1 is 1.21 bits per heavy atom. The van der Waals surface area contributed by atoms with E-state index in [0.29, 0.717) is 0 Å².